The van der Waals surface area contributed by atoms with Crippen LogP contribution >= 0.6 is 0 Å². The van der Waals surface area contributed by atoms with E-state index in [0.717, 1.165) is 5.56 Å². The van der Waals surface area contributed by atoms with Crippen molar-refractivity contribution < 1.29 is 53.8 Å². The molecule has 10 nitrogen and oxygen atoms in total. The van der Waals surface area contributed by atoms with Crippen molar-refractivity contribution in [3.05, 3.63) is 60.3 Å². The SMILES string of the molecule is CC1=CN(C)C(=O)C(NC(=O)NC(CC(=O)[O-])c2cccc(-c3cncnc3)c2)C1=O.[Na+]. The number of likely N-dealkylation sites (N-methyl/N-ethyl adjacent to an activating group) is 1. The van der Waals surface area contributed by atoms with Crippen molar-refractivity contribution in [1.82, 2.24) is 25.5 Å². The van der Waals surface area contributed by atoms with Gasteiger partial charge in [0.05, 0.1) is 6.04 Å². The van der Waals surface area contributed by atoms with Gasteiger partial charge < -0.3 is 25.4 Å². The van der Waals surface area contributed by atoms with Crippen LogP contribution < -0.4 is 45.3 Å². The maximum Gasteiger partial charge on any atom is 1.00 e. The van der Waals surface area contributed by atoms with Gasteiger partial charge in [-0.05, 0) is 24.1 Å². The Balaban J connectivity index is 0.00000363. The Hall–Kier alpha value is -3.08. The van der Waals surface area contributed by atoms with Crippen LogP contribution in [0.25, 0.3) is 11.1 Å². The Morgan fingerprint density at radius 2 is 1.88 bits per heavy atom. The van der Waals surface area contributed by atoms with Crippen LogP contribution in [0.4, 0.5) is 4.79 Å². The largest absolute Gasteiger partial charge is 1.00 e. The van der Waals surface area contributed by atoms with Gasteiger partial charge in [0.2, 0.25) is 0 Å². The molecule has 1 aromatic carbocycles. The number of rotatable bonds is 6. The van der Waals surface area contributed by atoms with E-state index >= 15 is 0 Å². The Kier molecular flexibility index (Phi) is 8.64. The molecule has 0 fully saturated rings. The predicted octanol–water partition coefficient (Wildman–Crippen LogP) is -3.06. The number of hydrogen-bond acceptors (Lipinski definition) is 7. The summed E-state index contributed by atoms with van der Waals surface area (Å²) in [6.07, 6.45) is 5.48. The van der Waals surface area contributed by atoms with Crippen LogP contribution in [0.2, 0.25) is 0 Å². The maximum atomic E-state index is 12.5. The summed E-state index contributed by atoms with van der Waals surface area (Å²) < 4.78 is 0. The first-order chi connectivity index (χ1) is 14.8. The molecule has 1 aliphatic heterocycles. The molecule has 3 amide bonds. The second-order valence-corrected chi connectivity index (χ2v) is 7.06. The van der Waals surface area contributed by atoms with Crippen LogP contribution in [-0.2, 0) is 14.4 Å². The van der Waals surface area contributed by atoms with Gasteiger partial charge in [-0.3, -0.25) is 9.59 Å². The fraction of sp³-hybridized carbons (Fsp3) is 0.238. The number of aliphatic carboxylic acids is 1. The molecule has 0 spiro atoms. The number of urea groups is 1. The molecule has 0 saturated heterocycles. The molecule has 1 aromatic heterocycles. The molecule has 0 radical (unpaired) electrons. The first-order valence-electron chi connectivity index (χ1n) is 9.38. The Morgan fingerprint density at radius 1 is 1.19 bits per heavy atom. The summed E-state index contributed by atoms with van der Waals surface area (Å²) in [4.78, 5) is 57.5. The molecule has 2 aromatic rings. The molecule has 3 rings (SSSR count). The van der Waals surface area contributed by atoms with Gasteiger partial charge in [-0.25, -0.2) is 14.8 Å². The number of Topliss-reactive ketones (excluding diaryl/α,β-unsaturated/α-hetero) is 1. The molecule has 11 heteroatoms. The number of carboxylic acid groups (broad SMARTS) is 1. The second kappa shape index (κ2) is 11.0. The van der Waals surface area contributed by atoms with E-state index in [2.05, 4.69) is 20.6 Å². The zero-order valence-electron chi connectivity index (χ0n) is 17.9. The van der Waals surface area contributed by atoms with Crippen molar-refractivity contribution in [2.75, 3.05) is 7.05 Å². The van der Waals surface area contributed by atoms with Crippen LogP contribution in [-0.4, -0.2) is 51.6 Å². The van der Waals surface area contributed by atoms with Crippen molar-refractivity contribution in [3.8, 4) is 11.1 Å². The van der Waals surface area contributed by atoms with E-state index in [1.165, 1.54) is 31.4 Å². The minimum absolute atomic E-state index is 0. The third-order valence-corrected chi connectivity index (χ3v) is 4.77. The predicted molar refractivity (Wildman–Crippen MR) is 107 cm³/mol. The second-order valence-electron chi connectivity index (χ2n) is 7.06. The van der Waals surface area contributed by atoms with Crippen LogP contribution in [0, 0.1) is 0 Å². The van der Waals surface area contributed by atoms with Crippen molar-refractivity contribution in [3.63, 3.8) is 0 Å². The topological polar surface area (TPSA) is 144 Å². The van der Waals surface area contributed by atoms with Gasteiger partial charge in [-0.2, -0.15) is 0 Å². The van der Waals surface area contributed by atoms with Crippen molar-refractivity contribution >= 4 is 23.7 Å². The van der Waals surface area contributed by atoms with E-state index in [-0.39, 0.29) is 29.6 Å². The van der Waals surface area contributed by atoms with Gasteiger partial charge in [0, 0.05) is 49.2 Å². The average Bonchev–Trinajstić information content (AvgIpc) is 2.75. The minimum Gasteiger partial charge on any atom is -0.550 e. The van der Waals surface area contributed by atoms with Crippen LogP contribution in [0.5, 0.6) is 0 Å². The number of amides is 3. The number of nitrogens with zero attached hydrogens (tertiary/aromatic N) is 3. The van der Waals surface area contributed by atoms with Gasteiger partial charge in [-0.1, -0.05) is 18.2 Å². The molecular weight excluding hydrogens is 425 g/mol. The summed E-state index contributed by atoms with van der Waals surface area (Å²) >= 11 is 0. The van der Waals surface area contributed by atoms with E-state index in [1.54, 1.807) is 36.7 Å². The molecule has 2 N–H and O–H groups in total. The van der Waals surface area contributed by atoms with E-state index in [0.29, 0.717) is 16.7 Å². The van der Waals surface area contributed by atoms with Crippen molar-refractivity contribution in [1.29, 1.82) is 0 Å². The standard InChI is InChI=1S/C21H21N5O5.Na/c1-12-10-26(2)20(30)18(19(12)29)25-21(31)24-16(7-17(27)28)14-5-3-4-13(6-14)15-8-22-11-23-9-15;/h3-6,8-11,16,18H,7H2,1-2H3,(H,27,28)(H2,24,25,31);/q;+1/p-1. The molecule has 0 aliphatic carbocycles. The van der Waals surface area contributed by atoms with Crippen LogP contribution in [0.15, 0.2) is 54.8 Å². The summed E-state index contributed by atoms with van der Waals surface area (Å²) in [5.41, 5.74) is 2.25. The number of ketones is 1. The van der Waals surface area contributed by atoms with Crippen LogP contribution in [0.1, 0.15) is 24.9 Å². The summed E-state index contributed by atoms with van der Waals surface area (Å²) in [7, 11) is 1.47. The van der Waals surface area contributed by atoms with Gasteiger partial charge >= 0.3 is 35.6 Å². The van der Waals surface area contributed by atoms with Gasteiger partial charge in [-0.15, -0.1) is 0 Å². The third kappa shape index (κ3) is 6.00. The number of benzene rings is 1. The quantitative estimate of drug-likeness (QED) is 0.355. The summed E-state index contributed by atoms with van der Waals surface area (Å²) in [5, 5.41) is 16.1. The van der Waals surface area contributed by atoms with E-state index < -0.39 is 42.2 Å². The Morgan fingerprint density at radius 3 is 2.53 bits per heavy atom. The molecule has 1 aliphatic rings. The van der Waals surface area contributed by atoms with Gasteiger partial charge in [0.15, 0.2) is 11.8 Å². The maximum absolute atomic E-state index is 12.5. The van der Waals surface area contributed by atoms with Crippen molar-refractivity contribution in [2.24, 2.45) is 0 Å². The van der Waals surface area contributed by atoms with E-state index in [9.17, 15) is 24.3 Å². The fourth-order valence-electron chi connectivity index (χ4n) is 3.22. The summed E-state index contributed by atoms with van der Waals surface area (Å²) in [6.45, 7) is 1.54. The monoisotopic (exact) mass is 445 g/mol. The molecule has 160 valence electrons. The number of carboxylic acids is 1. The zero-order chi connectivity index (χ0) is 22.5. The summed E-state index contributed by atoms with van der Waals surface area (Å²) in [6, 6.07) is 3.65. The van der Waals surface area contributed by atoms with Crippen LogP contribution in [0.3, 0.4) is 0 Å². The molecule has 2 atom stereocenters. The van der Waals surface area contributed by atoms with Gasteiger partial charge in [0.25, 0.3) is 5.91 Å². The molecule has 0 bridgehead atoms. The minimum atomic E-state index is -1.38. The first-order valence-corrected chi connectivity index (χ1v) is 9.38. The Bertz CT molecular complexity index is 1060. The van der Waals surface area contributed by atoms with Gasteiger partial charge in [0.1, 0.15) is 6.33 Å². The van der Waals surface area contributed by atoms with Crippen molar-refractivity contribution in [2.45, 2.75) is 25.4 Å². The average molecular weight is 445 g/mol. The van der Waals surface area contributed by atoms with E-state index in [1.807, 2.05) is 0 Å². The zero-order valence-corrected chi connectivity index (χ0v) is 19.9. The number of carbonyl (C=O) groups is 4. The molecule has 32 heavy (non-hydrogen) atoms. The first kappa shape index (κ1) is 25.2. The number of hydrogen-bond donors (Lipinski definition) is 2. The summed E-state index contributed by atoms with van der Waals surface area (Å²) in [5.74, 6) is -2.49. The molecule has 2 unspecified atom stereocenters. The molecule has 2 heterocycles. The fourth-order valence-corrected chi connectivity index (χ4v) is 3.22. The number of aromatic nitrogens is 2. The normalized spacial score (nSPS) is 16.5. The number of carbonyl (C=O) groups excluding carboxylic acids is 4. The molecule has 0 saturated carbocycles. The number of nitrogens with one attached hydrogen (secondary N) is 2. The third-order valence-electron chi connectivity index (χ3n) is 4.77. The smallest absolute Gasteiger partial charge is 0.550 e. The Labute approximate surface area is 206 Å². The van der Waals surface area contributed by atoms with E-state index in [4.69, 9.17) is 0 Å². The molecular formula is C21H20N5NaO5.